The Balaban J connectivity index is 1.92. The van der Waals surface area contributed by atoms with Crippen molar-refractivity contribution >= 4 is 28.3 Å². The number of aromatic nitrogens is 2. The van der Waals surface area contributed by atoms with Gasteiger partial charge in [-0.3, -0.25) is 9.48 Å². The Hall–Kier alpha value is -3.62. The minimum atomic E-state index is -4.40. The Bertz CT molecular complexity index is 1100. The van der Waals surface area contributed by atoms with Crippen molar-refractivity contribution < 1.29 is 23.1 Å². The average Bonchev–Trinajstić information content (AvgIpc) is 2.99. The van der Waals surface area contributed by atoms with Crippen molar-refractivity contribution in [3.05, 3.63) is 71.5 Å². The van der Waals surface area contributed by atoms with Gasteiger partial charge in [-0.05, 0) is 36.8 Å². The van der Waals surface area contributed by atoms with Crippen LogP contribution in [0.15, 0.2) is 60.4 Å². The number of fused-ring (bicyclic) bond motifs is 1. The summed E-state index contributed by atoms with van der Waals surface area (Å²) in [5, 5.41) is 24.2. The molecule has 6 nitrogen and oxygen atoms in total. The molecule has 150 valence electrons. The molecule has 0 radical (unpaired) electrons. The Morgan fingerprint density at radius 2 is 1.86 bits per heavy atom. The number of aliphatic hydroxyl groups excluding tert-OH is 1. The standard InChI is InChI=1S/C20H17F3N4O2/c1-12(24)16(11-28)19(29)25-18-15-4-2-3-5-17(15)27(26-18)10-13-6-8-14(9-7-13)20(21,22)23/h2-9,11,24,28H,10H2,1H3,(H,25,26,29)/b16-11+,24-12?. The highest BCUT2D eigenvalue weighted by molar-refractivity contribution is 6.24. The van der Waals surface area contributed by atoms with Crippen LogP contribution < -0.4 is 5.32 Å². The third kappa shape index (κ3) is 4.29. The molecule has 3 rings (SSSR count). The Morgan fingerprint density at radius 3 is 2.45 bits per heavy atom. The van der Waals surface area contributed by atoms with Gasteiger partial charge in [0.2, 0.25) is 0 Å². The zero-order chi connectivity index (χ0) is 21.2. The molecule has 1 amide bonds. The van der Waals surface area contributed by atoms with Gasteiger partial charge < -0.3 is 15.8 Å². The minimum absolute atomic E-state index is 0.113. The molecule has 0 unspecified atom stereocenters. The maximum atomic E-state index is 12.7. The van der Waals surface area contributed by atoms with Crippen LogP contribution in [0, 0.1) is 5.41 Å². The number of benzene rings is 2. The fourth-order valence-electron chi connectivity index (χ4n) is 2.81. The molecule has 0 aliphatic rings. The zero-order valence-electron chi connectivity index (χ0n) is 15.3. The second-order valence-corrected chi connectivity index (χ2v) is 6.34. The number of alkyl halides is 3. The molecule has 0 fully saturated rings. The molecular weight excluding hydrogens is 385 g/mol. The first kappa shape index (κ1) is 20.1. The lowest BCUT2D eigenvalue weighted by atomic mass is 10.1. The van der Waals surface area contributed by atoms with E-state index in [1.807, 2.05) is 0 Å². The minimum Gasteiger partial charge on any atom is -0.515 e. The lowest BCUT2D eigenvalue weighted by molar-refractivity contribution is -0.137. The molecule has 0 saturated heterocycles. The zero-order valence-corrected chi connectivity index (χ0v) is 15.3. The quantitative estimate of drug-likeness (QED) is 0.333. The van der Waals surface area contributed by atoms with Gasteiger partial charge in [-0.2, -0.15) is 18.3 Å². The van der Waals surface area contributed by atoms with Crippen LogP contribution in [0.2, 0.25) is 0 Å². The first-order chi connectivity index (χ1) is 13.7. The first-order valence-corrected chi connectivity index (χ1v) is 8.53. The molecule has 2 aromatic carbocycles. The summed E-state index contributed by atoms with van der Waals surface area (Å²) >= 11 is 0. The van der Waals surface area contributed by atoms with Crippen LogP contribution in [0.4, 0.5) is 19.0 Å². The van der Waals surface area contributed by atoms with E-state index < -0.39 is 17.6 Å². The predicted octanol–water partition coefficient (Wildman–Crippen LogP) is 4.52. The summed E-state index contributed by atoms with van der Waals surface area (Å²) < 4.78 is 39.8. The number of rotatable bonds is 5. The van der Waals surface area contributed by atoms with E-state index in [0.29, 0.717) is 22.7 Å². The van der Waals surface area contributed by atoms with E-state index in [-0.39, 0.29) is 23.6 Å². The topological polar surface area (TPSA) is 91.0 Å². The number of anilines is 1. The van der Waals surface area contributed by atoms with Gasteiger partial charge in [0.25, 0.3) is 5.91 Å². The number of hydrogen-bond acceptors (Lipinski definition) is 4. The van der Waals surface area contributed by atoms with Crippen LogP contribution in [0.5, 0.6) is 0 Å². The fraction of sp³-hybridized carbons (Fsp3) is 0.150. The SMILES string of the molecule is CC(=N)/C(=C\O)C(=O)Nc1nn(Cc2ccc(C(F)(F)F)cc2)c2ccccc12. The number of nitrogens with one attached hydrogen (secondary N) is 2. The third-order valence-electron chi connectivity index (χ3n) is 4.28. The second-order valence-electron chi connectivity index (χ2n) is 6.34. The monoisotopic (exact) mass is 402 g/mol. The van der Waals surface area contributed by atoms with E-state index in [0.717, 1.165) is 12.1 Å². The number of carbonyl (C=O) groups is 1. The number of para-hydroxylation sites is 1. The summed E-state index contributed by atoms with van der Waals surface area (Å²) in [4.78, 5) is 12.3. The van der Waals surface area contributed by atoms with E-state index in [9.17, 15) is 18.0 Å². The first-order valence-electron chi connectivity index (χ1n) is 8.53. The molecule has 0 aliphatic carbocycles. The lowest BCUT2D eigenvalue weighted by Crippen LogP contribution is -2.19. The second kappa shape index (κ2) is 7.78. The van der Waals surface area contributed by atoms with Crippen molar-refractivity contribution in [2.75, 3.05) is 5.32 Å². The average molecular weight is 402 g/mol. The number of nitrogens with zero attached hydrogens (tertiary/aromatic N) is 2. The third-order valence-corrected chi connectivity index (χ3v) is 4.28. The van der Waals surface area contributed by atoms with Gasteiger partial charge >= 0.3 is 6.18 Å². The highest BCUT2D eigenvalue weighted by atomic mass is 19.4. The van der Waals surface area contributed by atoms with Gasteiger partial charge in [0.15, 0.2) is 5.82 Å². The summed E-state index contributed by atoms with van der Waals surface area (Å²) in [6.07, 6.45) is -3.85. The van der Waals surface area contributed by atoms with Gasteiger partial charge in [0, 0.05) is 11.1 Å². The van der Waals surface area contributed by atoms with Gasteiger partial charge in [-0.25, -0.2) is 0 Å². The number of aliphatic hydroxyl groups is 1. The highest BCUT2D eigenvalue weighted by Gasteiger charge is 2.30. The summed E-state index contributed by atoms with van der Waals surface area (Å²) in [5.41, 5.74) is 0.230. The van der Waals surface area contributed by atoms with Crippen LogP contribution >= 0.6 is 0 Å². The van der Waals surface area contributed by atoms with E-state index in [2.05, 4.69) is 10.4 Å². The lowest BCUT2D eigenvalue weighted by Gasteiger charge is -2.08. The molecule has 3 aromatic rings. The number of halogens is 3. The summed E-state index contributed by atoms with van der Waals surface area (Å²) in [7, 11) is 0. The van der Waals surface area contributed by atoms with E-state index in [1.165, 1.54) is 19.1 Å². The van der Waals surface area contributed by atoms with Crippen molar-refractivity contribution in [1.29, 1.82) is 5.41 Å². The maximum absolute atomic E-state index is 12.7. The van der Waals surface area contributed by atoms with Crippen molar-refractivity contribution in [3.8, 4) is 0 Å². The number of hydrogen-bond donors (Lipinski definition) is 3. The maximum Gasteiger partial charge on any atom is 0.416 e. The largest absolute Gasteiger partial charge is 0.515 e. The van der Waals surface area contributed by atoms with Crippen molar-refractivity contribution in [1.82, 2.24) is 9.78 Å². The molecule has 0 spiro atoms. The van der Waals surface area contributed by atoms with Crippen LogP contribution in [0.1, 0.15) is 18.1 Å². The van der Waals surface area contributed by atoms with Crippen LogP contribution in [-0.2, 0) is 17.5 Å². The predicted molar refractivity (Wildman–Crippen MR) is 103 cm³/mol. The molecular formula is C20H17F3N4O2. The summed E-state index contributed by atoms with van der Waals surface area (Å²) in [6.45, 7) is 1.56. The van der Waals surface area contributed by atoms with E-state index in [1.54, 1.807) is 28.9 Å². The molecule has 0 bridgehead atoms. The normalized spacial score (nSPS) is 12.2. The Morgan fingerprint density at radius 1 is 1.21 bits per heavy atom. The summed E-state index contributed by atoms with van der Waals surface area (Å²) in [6, 6.07) is 11.8. The molecule has 29 heavy (non-hydrogen) atoms. The van der Waals surface area contributed by atoms with Gasteiger partial charge in [0.05, 0.1) is 29.5 Å². The fourth-order valence-corrected chi connectivity index (χ4v) is 2.81. The van der Waals surface area contributed by atoms with Crippen molar-refractivity contribution in [2.24, 2.45) is 0 Å². The van der Waals surface area contributed by atoms with Gasteiger partial charge in [-0.15, -0.1) is 0 Å². The van der Waals surface area contributed by atoms with Crippen LogP contribution in [-0.4, -0.2) is 26.5 Å². The van der Waals surface area contributed by atoms with Gasteiger partial charge in [-0.1, -0.05) is 24.3 Å². The molecule has 1 aromatic heterocycles. The molecule has 1 heterocycles. The molecule has 0 saturated carbocycles. The number of amides is 1. The highest BCUT2D eigenvalue weighted by Crippen LogP contribution is 2.29. The van der Waals surface area contributed by atoms with Crippen molar-refractivity contribution in [3.63, 3.8) is 0 Å². The van der Waals surface area contributed by atoms with Crippen molar-refractivity contribution in [2.45, 2.75) is 19.6 Å². The van der Waals surface area contributed by atoms with E-state index >= 15 is 0 Å². The van der Waals surface area contributed by atoms with E-state index in [4.69, 9.17) is 10.5 Å². The molecule has 0 aliphatic heterocycles. The van der Waals surface area contributed by atoms with Crippen LogP contribution in [0.25, 0.3) is 10.9 Å². The molecule has 0 atom stereocenters. The molecule has 3 N–H and O–H groups in total. The number of carbonyl (C=O) groups excluding carboxylic acids is 1. The van der Waals surface area contributed by atoms with Crippen LogP contribution in [0.3, 0.4) is 0 Å². The Labute approximate surface area is 163 Å². The Kier molecular flexibility index (Phi) is 5.40. The summed E-state index contributed by atoms with van der Waals surface area (Å²) in [5.74, 6) is -0.469. The van der Waals surface area contributed by atoms with Gasteiger partial charge in [0.1, 0.15) is 0 Å². The molecule has 9 heteroatoms. The smallest absolute Gasteiger partial charge is 0.416 e.